The third-order valence-electron chi connectivity index (χ3n) is 6.22. The van der Waals surface area contributed by atoms with Gasteiger partial charge in [0.1, 0.15) is 0 Å². The number of hydrogen-bond acceptors (Lipinski definition) is 5. The molecule has 0 unspecified atom stereocenters. The lowest BCUT2D eigenvalue weighted by Gasteiger charge is -2.44. The lowest BCUT2D eigenvalue weighted by molar-refractivity contribution is -0.136. The minimum Gasteiger partial charge on any atom is -0.450 e. The molecule has 3 amide bonds. The largest absolute Gasteiger partial charge is 0.450 e. The van der Waals surface area contributed by atoms with Crippen LogP contribution in [0.25, 0.3) is 0 Å². The number of hydrogen-bond donors (Lipinski definition) is 0. The average Bonchev–Trinajstić information content (AvgIpc) is 3.35. The molecule has 1 aromatic carbocycles. The maximum atomic E-state index is 14.0. The molecule has 2 aliphatic heterocycles. The van der Waals surface area contributed by atoms with E-state index in [-0.39, 0.29) is 29.9 Å². The van der Waals surface area contributed by atoms with Crippen molar-refractivity contribution in [2.75, 3.05) is 39.3 Å². The molecule has 0 N–H and O–H groups in total. The first-order valence-corrected chi connectivity index (χ1v) is 12.4. The Hall–Kier alpha value is -2.87. The molecule has 1 aromatic heterocycles. The molecule has 2 aromatic rings. The number of carbonyl (C=O) groups is 3. The van der Waals surface area contributed by atoms with Crippen molar-refractivity contribution in [3.63, 3.8) is 0 Å². The van der Waals surface area contributed by atoms with Crippen molar-refractivity contribution >= 4 is 29.2 Å². The van der Waals surface area contributed by atoms with E-state index in [1.165, 1.54) is 0 Å². The highest BCUT2D eigenvalue weighted by Gasteiger charge is 2.46. The monoisotopic (exact) mass is 469 g/mol. The third kappa shape index (κ3) is 4.62. The number of rotatable bonds is 5. The molecule has 7 nitrogen and oxygen atoms in total. The van der Waals surface area contributed by atoms with Crippen LogP contribution in [0.4, 0.5) is 4.79 Å². The Morgan fingerprint density at radius 1 is 1.06 bits per heavy atom. The highest BCUT2D eigenvalue weighted by molar-refractivity contribution is 7.10. The van der Waals surface area contributed by atoms with Crippen molar-refractivity contribution in [3.8, 4) is 0 Å². The molecule has 0 aliphatic carbocycles. The topological polar surface area (TPSA) is 70.2 Å². The zero-order chi connectivity index (χ0) is 23.5. The van der Waals surface area contributed by atoms with Crippen molar-refractivity contribution in [3.05, 3.63) is 57.8 Å². The van der Waals surface area contributed by atoms with Gasteiger partial charge in [-0.05, 0) is 35.9 Å². The highest BCUT2D eigenvalue weighted by atomic mass is 32.1. The molecular formula is C25H31N3O4S. The minimum absolute atomic E-state index is 0.00520. The van der Waals surface area contributed by atoms with Crippen LogP contribution in [-0.2, 0) is 9.53 Å². The zero-order valence-corrected chi connectivity index (χ0v) is 20.2. The van der Waals surface area contributed by atoms with Crippen molar-refractivity contribution in [1.82, 2.24) is 14.7 Å². The summed E-state index contributed by atoms with van der Waals surface area (Å²) in [4.78, 5) is 46.0. The molecule has 1 fully saturated rings. The molecule has 2 atom stereocenters. The number of nitrogens with zero attached hydrogens (tertiary/aromatic N) is 3. The van der Waals surface area contributed by atoms with Crippen molar-refractivity contribution in [2.45, 2.75) is 32.7 Å². The van der Waals surface area contributed by atoms with E-state index in [2.05, 4.69) is 13.8 Å². The van der Waals surface area contributed by atoms with Gasteiger partial charge in [0.15, 0.2) is 0 Å². The van der Waals surface area contributed by atoms with E-state index < -0.39 is 5.92 Å². The Balaban J connectivity index is 1.68. The molecule has 0 saturated carbocycles. The van der Waals surface area contributed by atoms with E-state index in [1.54, 1.807) is 23.2 Å². The fourth-order valence-electron chi connectivity index (χ4n) is 4.75. The predicted octanol–water partition coefficient (Wildman–Crippen LogP) is 3.99. The molecular weight excluding hydrogens is 438 g/mol. The first-order valence-electron chi connectivity index (χ1n) is 11.6. The molecule has 3 heterocycles. The van der Waals surface area contributed by atoms with E-state index in [0.29, 0.717) is 44.9 Å². The van der Waals surface area contributed by atoms with Gasteiger partial charge in [-0.15, -0.1) is 11.3 Å². The van der Waals surface area contributed by atoms with Gasteiger partial charge >= 0.3 is 6.09 Å². The second-order valence-electron chi connectivity index (χ2n) is 8.89. The maximum Gasteiger partial charge on any atom is 0.409 e. The van der Waals surface area contributed by atoms with Crippen LogP contribution in [0, 0.1) is 5.92 Å². The Kier molecular flexibility index (Phi) is 7.02. The fraction of sp³-hybridized carbons (Fsp3) is 0.480. The Bertz CT molecular complexity index is 999. The summed E-state index contributed by atoms with van der Waals surface area (Å²) in [5, 5.41) is 1.99. The van der Waals surface area contributed by atoms with Crippen LogP contribution in [-0.4, -0.2) is 71.9 Å². The van der Waals surface area contributed by atoms with E-state index in [4.69, 9.17) is 4.74 Å². The summed E-state index contributed by atoms with van der Waals surface area (Å²) in [5.41, 5.74) is 1.40. The molecule has 0 radical (unpaired) electrons. The maximum absolute atomic E-state index is 14.0. The number of thiophene rings is 1. The lowest BCUT2D eigenvalue weighted by atomic mass is 9.80. The average molecular weight is 470 g/mol. The van der Waals surface area contributed by atoms with Crippen LogP contribution in [0.1, 0.15) is 53.5 Å². The van der Waals surface area contributed by atoms with Gasteiger partial charge in [0.25, 0.3) is 5.91 Å². The summed E-state index contributed by atoms with van der Waals surface area (Å²) in [5.74, 6) is -0.226. The Labute approximate surface area is 198 Å². The van der Waals surface area contributed by atoms with Crippen molar-refractivity contribution in [2.24, 2.45) is 5.92 Å². The first kappa shape index (κ1) is 23.3. The molecule has 2 aliphatic rings. The molecule has 4 rings (SSSR count). The molecule has 176 valence electrons. The third-order valence-corrected chi connectivity index (χ3v) is 7.16. The molecule has 0 spiro atoms. The second kappa shape index (κ2) is 9.95. The van der Waals surface area contributed by atoms with Gasteiger partial charge in [-0.25, -0.2) is 4.79 Å². The van der Waals surface area contributed by atoms with Gasteiger partial charge in [0.05, 0.1) is 18.6 Å². The number of ether oxygens (including phenoxy) is 1. The van der Waals surface area contributed by atoms with Gasteiger partial charge in [0.2, 0.25) is 5.91 Å². The van der Waals surface area contributed by atoms with E-state index in [1.807, 2.05) is 51.6 Å². The number of carbonyl (C=O) groups excluding carboxylic acids is 3. The van der Waals surface area contributed by atoms with Crippen LogP contribution in [0.3, 0.4) is 0 Å². The van der Waals surface area contributed by atoms with Gasteiger partial charge in [-0.2, -0.15) is 0 Å². The first-order chi connectivity index (χ1) is 15.9. The molecule has 8 heteroatoms. The quantitative estimate of drug-likeness (QED) is 0.664. The van der Waals surface area contributed by atoms with Gasteiger partial charge in [-0.1, -0.05) is 38.1 Å². The van der Waals surface area contributed by atoms with E-state index >= 15 is 0 Å². The highest BCUT2D eigenvalue weighted by Crippen LogP contribution is 2.45. The summed E-state index contributed by atoms with van der Waals surface area (Å²) in [6.07, 6.45) is -0.335. The standard InChI is InChI=1S/C25H31N3O4S/c1-4-32-25(31)27-13-11-26(12-14-27)24(30)21-18-8-5-6-9-19(18)23(29)28(16-17(2)3)22(21)20-10-7-15-33-20/h5-10,15,17,21-22H,4,11-14,16H2,1-3H3/t21-,22-/m1/s1. The molecule has 1 saturated heterocycles. The summed E-state index contributed by atoms with van der Waals surface area (Å²) < 4.78 is 5.11. The van der Waals surface area contributed by atoms with Gasteiger partial charge in [-0.3, -0.25) is 9.59 Å². The summed E-state index contributed by atoms with van der Waals surface area (Å²) in [6, 6.07) is 11.1. The second-order valence-corrected chi connectivity index (χ2v) is 9.87. The van der Waals surface area contributed by atoms with Crippen LogP contribution in [0.5, 0.6) is 0 Å². The van der Waals surface area contributed by atoms with Crippen LogP contribution in [0.2, 0.25) is 0 Å². The summed E-state index contributed by atoms with van der Waals surface area (Å²) in [6.45, 7) is 8.66. The van der Waals surface area contributed by atoms with E-state index in [9.17, 15) is 14.4 Å². The normalized spacial score (nSPS) is 20.7. The SMILES string of the molecule is CCOC(=O)N1CCN(C(=O)[C@@H]2c3ccccc3C(=O)N(CC(C)C)[C@@H]2c2cccs2)CC1. The summed E-state index contributed by atoms with van der Waals surface area (Å²) in [7, 11) is 0. The van der Waals surface area contributed by atoms with Crippen molar-refractivity contribution < 1.29 is 19.1 Å². The molecule has 0 bridgehead atoms. The van der Waals surface area contributed by atoms with Crippen LogP contribution in [0.15, 0.2) is 41.8 Å². The zero-order valence-electron chi connectivity index (χ0n) is 19.4. The Morgan fingerprint density at radius 3 is 2.39 bits per heavy atom. The van der Waals surface area contributed by atoms with Crippen LogP contribution >= 0.6 is 11.3 Å². The van der Waals surface area contributed by atoms with E-state index in [0.717, 1.165) is 10.4 Å². The fourth-order valence-corrected chi connectivity index (χ4v) is 5.62. The van der Waals surface area contributed by atoms with Crippen LogP contribution < -0.4 is 0 Å². The molecule has 33 heavy (non-hydrogen) atoms. The lowest BCUT2D eigenvalue weighted by Crippen LogP contribution is -2.54. The van der Waals surface area contributed by atoms with Gasteiger partial charge < -0.3 is 19.4 Å². The number of benzene rings is 1. The Morgan fingerprint density at radius 2 is 1.76 bits per heavy atom. The smallest absolute Gasteiger partial charge is 0.409 e. The number of piperazine rings is 1. The predicted molar refractivity (Wildman–Crippen MR) is 127 cm³/mol. The minimum atomic E-state index is -0.481. The van der Waals surface area contributed by atoms with Gasteiger partial charge in [0, 0.05) is 43.2 Å². The summed E-state index contributed by atoms with van der Waals surface area (Å²) >= 11 is 1.58. The number of fused-ring (bicyclic) bond motifs is 1. The van der Waals surface area contributed by atoms with Crippen molar-refractivity contribution in [1.29, 1.82) is 0 Å². The number of amides is 3.